The normalized spacial score (nSPS) is 17.8. The number of imidazole rings is 1. The molecule has 1 heterocycles. The Morgan fingerprint density at radius 3 is 2.81 bits per heavy atom. The number of benzene rings is 1. The van der Waals surface area contributed by atoms with Crippen LogP contribution in [0.1, 0.15) is 44.9 Å². The van der Waals surface area contributed by atoms with Crippen LogP contribution in [0.3, 0.4) is 0 Å². The zero-order chi connectivity index (χ0) is 14.9. The van der Waals surface area contributed by atoms with Crippen molar-refractivity contribution in [3.05, 3.63) is 29.8 Å². The molecule has 0 radical (unpaired) electrons. The third kappa shape index (κ3) is 2.30. The second kappa shape index (κ2) is 5.47. The highest BCUT2D eigenvalue weighted by Gasteiger charge is 2.45. The molecule has 1 aromatic carbocycles. The number of carbonyl (C=O) groups excluding carboxylic acids is 1. The molecule has 1 saturated carbocycles. The SMILES string of the molecule is CCOC(=O)C1(c2nc3c(F)cccc3[nH]2)CCCCC1. The van der Waals surface area contributed by atoms with Gasteiger partial charge in [0.15, 0.2) is 5.82 Å². The van der Waals surface area contributed by atoms with Crippen LogP contribution < -0.4 is 0 Å². The maximum absolute atomic E-state index is 13.8. The van der Waals surface area contributed by atoms with E-state index in [9.17, 15) is 9.18 Å². The van der Waals surface area contributed by atoms with Crippen molar-refractivity contribution < 1.29 is 13.9 Å². The third-order valence-electron chi connectivity index (χ3n) is 4.29. The number of esters is 1. The Morgan fingerprint density at radius 2 is 2.14 bits per heavy atom. The number of H-pyrrole nitrogens is 1. The molecule has 2 aromatic rings. The van der Waals surface area contributed by atoms with E-state index in [1.807, 2.05) is 0 Å². The van der Waals surface area contributed by atoms with Crippen LogP contribution in [-0.2, 0) is 14.9 Å². The van der Waals surface area contributed by atoms with E-state index in [1.54, 1.807) is 19.1 Å². The first kappa shape index (κ1) is 14.0. The first-order chi connectivity index (χ1) is 10.2. The molecule has 1 fully saturated rings. The summed E-state index contributed by atoms with van der Waals surface area (Å²) in [5, 5.41) is 0. The molecule has 3 rings (SSSR count). The van der Waals surface area contributed by atoms with Gasteiger partial charge in [0, 0.05) is 0 Å². The topological polar surface area (TPSA) is 55.0 Å². The molecule has 1 aliphatic rings. The number of rotatable bonds is 3. The number of aromatic nitrogens is 2. The largest absolute Gasteiger partial charge is 0.465 e. The standard InChI is InChI=1S/C16H19FN2O2/c1-2-21-15(20)16(9-4-3-5-10-16)14-18-12-8-6-7-11(17)13(12)19-14/h6-8H,2-5,9-10H2,1H3,(H,18,19). The fraction of sp³-hybridized carbons (Fsp3) is 0.500. The number of hydrogen-bond donors (Lipinski definition) is 1. The molecule has 0 atom stereocenters. The van der Waals surface area contributed by atoms with Crippen LogP contribution in [0.4, 0.5) is 4.39 Å². The van der Waals surface area contributed by atoms with Crippen molar-refractivity contribution >= 4 is 17.0 Å². The molecular weight excluding hydrogens is 271 g/mol. The maximum Gasteiger partial charge on any atom is 0.319 e. The van der Waals surface area contributed by atoms with Gasteiger partial charge in [0.25, 0.3) is 0 Å². The predicted molar refractivity (Wildman–Crippen MR) is 77.4 cm³/mol. The highest BCUT2D eigenvalue weighted by atomic mass is 19.1. The van der Waals surface area contributed by atoms with Crippen molar-refractivity contribution in [1.29, 1.82) is 0 Å². The Kier molecular flexibility index (Phi) is 3.66. The zero-order valence-corrected chi connectivity index (χ0v) is 12.1. The smallest absolute Gasteiger partial charge is 0.319 e. The van der Waals surface area contributed by atoms with Crippen molar-refractivity contribution in [3.8, 4) is 0 Å². The lowest BCUT2D eigenvalue weighted by molar-refractivity contribution is -0.152. The molecule has 5 heteroatoms. The molecule has 1 N–H and O–H groups in total. The summed E-state index contributed by atoms with van der Waals surface area (Å²) in [5.41, 5.74) is 0.167. The monoisotopic (exact) mass is 290 g/mol. The Labute approximate surface area is 122 Å². The van der Waals surface area contributed by atoms with Gasteiger partial charge >= 0.3 is 5.97 Å². The minimum absolute atomic E-state index is 0.246. The highest BCUT2D eigenvalue weighted by molar-refractivity contribution is 5.84. The van der Waals surface area contributed by atoms with Crippen molar-refractivity contribution in [3.63, 3.8) is 0 Å². The van der Waals surface area contributed by atoms with Crippen LogP contribution in [0.5, 0.6) is 0 Å². The van der Waals surface area contributed by atoms with E-state index in [0.29, 0.717) is 36.3 Å². The van der Waals surface area contributed by atoms with E-state index in [0.717, 1.165) is 19.3 Å². The summed E-state index contributed by atoms with van der Waals surface area (Å²) in [7, 11) is 0. The van der Waals surface area contributed by atoms with Gasteiger partial charge in [0.05, 0.1) is 12.1 Å². The molecule has 0 aliphatic heterocycles. The second-order valence-corrected chi connectivity index (χ2v) is 5.58. The van der Waals surface area contributed by atoms with Gasteiger partial charge in [-0.05, 0) is 31.9 Å². The molecule has 112 valence electrons. The lowest BCUT2D eigenvalue weighted by Crippen LogP contribution is -2.40. The fourth-order valence-electron chi connectivity index (χ4n) is 3.19. The summed E-state index contributed by atoms with van der Waals surface area (Å²) in [6.45, 7) is 2.14. The van der Waals surface area contributed by atoms with Gasteiger partial charge in [-0.25, -0.2) is 9.37 Å². The van der Waals surface area contributed by atoms with E-state index >= 15 is 0 Å². The molecule has 0 saturated heterocycles. The third-order valence-corrected chi connectivity index (χ3v) is 4.29. The van der Waals surface area contributed by atoms with E-state index in [1.165, 1.54) is 6.07 Å². The summed E-state index contributed by atoms with van der Waals surface area (Å²) < 4.78 is 19.1. The van der Waals surface area contributed by atoms with Crippen molar-refractivity contribution in [2.45, 2.75) is 44.4 Å². The summed E-state index contributed by atoms with van der Waals surface area (Å²) in [6.07, 6.45) is 4.42. The fourth-order valence-corrected chi connectivity index (χ4v) is 3.19. The number of carbonyl (C=O) groups is 1. The summed E-state index contributed by atoms with van der Waals surface area (Å²) in [6, 6.07) is 4.79. The lowest BCUT2D eigenvalue weighted by atomic mass is 9.73. The van der Waals surface area contributed by atoms with Gasteiger partial charge in [-0.2, -0.15) is 0 Å². The van der Waals surface area contributed by atoms with Crippen molar-refractivity contribution in [2.24, 2.45) is 0 Å². The predicted octanol–water partition coefficient (Wildman–Crippen LogP) is 3.47. The Morgan fingerprint density at radius 1 is 1.38 bits per heavy atom. The molecule has 0 spiro atoms. The van der Waals surface area contributed by atoms with E-state index in [-0.39, 0.29) is 11.8 Å². The van der Waals surface area contributed by atoms with Gasteiger partial charge < -0.3 is 9.72 Å². The van der Waals surface area contributed by atoms with Crippen molar-refractivity contribution in [1.82, 2.24) is 9.97 Å². The van der Waals surface area contributed by atoms with Gasteiger partial charge in [-0.3, -0.25) is 4.79 Å². The average Bonchev–Trinajstić information content (AvgIpc) is 2.94. The number of para-hydroxylation sites is 1. The van der Waals surface area contributed by atoms with Gasteiger partial charge in [-0.1, -0.05) is 25.3 Å². The number of hydrogen-bond acceptors (Lipinski definition) is 3. The second-order valence-electron chi connectivity index (χ2n) is 5.58. The number of fused-ring (bicyclic) bond motifs is 1. The quantitative estimate of drug-likeness (QED) is 0.881. The Hall–Kier alpha value is -1.91. The Bertz CT molecular complexity index is 659. The van der Waals surface area contributed by atoms with Gasteiger partial charge in [0.1, 0.15) is 16.8 Å². The Balaban J connectivity index is 2.09. The molecule has 0 bridgehead atoms. The van der Waals surface area contributed by atoms with Crippen molar-refractivity contribution in [2.75, 3.05) is 6.61 Å². The van der Waals surface area contributed by atoms with Gasteiger partial charge in [-0.15, -0.1) is 0 Å². The number of nitrogens with zero attached hydrogens (tertiary/aromatic N) is 1. The zero-order valence-electron chi connectivity index (χ0n) is 12.1. The average molecular weight is 290 g/mol. The summed E-state index contributed by atoms with van der Waals surface area (Å²) in [4.78, 5) is 20.0. The van der Waals surface area contributed by atoms with Crippen LogP contribution >= 0.6 is 0 Å². The molecule has 1 aliphatic carbocycles. The minimum Gasteiger partial charge on any atom is -0.465 e. The van der Waals surface area contributed by atoms with Crippen LogP contribution in [-0.4, -0.2) is 22.5 Å². The summed E-state index contributed by atoms with van der Waals surface area (Å²) in [5.74, 6) is -0.0743. The van der Waals surface area contributed by atoms with Crippen LogP contribution in [0.15, 0.2) is 18.2 Å². The number of nitrogens with one attached hydrogen (secondary N) is 1. The van der Waals surface area contributed by atoms with E-state index < -0.39 is 5.41 Å². The van der Waals surface area contributed by atoms with E-state index in [4.69, 9.17) is 4.74 Å². The van der Waals surface area contributed by atoms with Crippen LogP contribution in [0.25, 0.3) is 11.0 Å². The molecule has 0 amide bonds. The number of aromatic amines is 1. The lowest BCUT2D eigenvalue weighted by Gasteiger charge is -2.32. The first-order valence-corrected chi connectivity index (χ1v) is 7.49. The molecule has 0 unspecified atom stereocenters. The number of halogens is 1. The molecule has 4 nitrogen and oxygen atoms in total. The van der Waals surface area contributed by atoms with E-state index in [2.05, 4.69) is 9.97 Å². The number of ether oxygens (including phenoxy) is 1. The minimum atomic E-state index is -0.750. The molecule has 1 aromatic heterocycles. The molecular formula is C16H19FN2O2. The highest BCUT2D eigenvalue weighted by Crippen LogP contribution is 2.40. The van der Waals surface area contributed by atoms with Crippen LogP contribution in [0, 0.1) is 5.82 Å². The summed E-state index contributed by atoms with van der Waals surface area (Å²) >= 11 is 0. The first-order valence-electron chi connectivity index (χ1n) is 7.49. The van der Waals surface area contributed by atoms with Gasteiger partial charge in [0.2, 0.25) is 0 Å². The van der Waals surface area contributed by atoms with Crippen LogP contribution in [0.2, 0.25) is 0 Å². The molecule has 21 heavy (non-hydrogen) atoms. The maximum atomic E-state index is 13.8.